The van der Waals surface area contributed by atoms with E-state index in [-0.39, 0.29) is 23.9 Å². The molecule has 13 heavy (non-hydrogen) atoms. The molecule has 1 atom stereocenters. The molecule has 0 radical (unpaired) electrons. The molecule has 0 spiro atoms. The third kappa shape index (κ3) is 3.53. The van der Waals surface area contributed by atoms with Gasteiger partial charge in [-0.3, -0.25) is 4.79 Å². The van der Waals surface area contributed by atoms with Crippen LogP contribution in [0.2, 0.25) is 0 Å². The molecule has 0 aromatic heterocycles. The minimum Gasteiger partial charge on any atom is -0.481 e. The van der Waals surface area contributed by atoms with Crippen LogP contribution in [0.15, 0.2) is 0 Å². The molecule has 0 aromatic rings. The van der Waals surface area contributed by atoms with E-state index in [0.717, 1.165) is 0 Å². The van der Waals surface area contributed by atoms with E-state index >= 15 is 0 Å². The average molecular weight is 210 g/mol. The molecular formula is C9H20ClNO2. The molecule has 0 bridgehead atoms. The van der Waals surface area contributed by atoms with E-state index in [4.69, 9.17) is 10.8 Å². The second-order valence-corrected chi connectivity index (χ2v) is 4.87. The summed E-state index contributed by atoms with van der Waals surface area (Å²) >= 11 is 0. The summed E-state index contributed by atoms with van der Waals surface area (Å²) in [6, 6.07) is -0.345. The van der Waals surface area contributed by atoms with Gasteiger partial charge in [-0.15, -0.1) is 12.4 Å². The van der Waals surface area contributed by atoms with E-state index in [9.17, 15) is 4.79 Å². The molecule has 0 aliphatic heterocycles. The highest BCUT2D eigenvalue weighted by Gasteiger charge is 2.40. The van der Waals surface area contributed by atoms with Crippen molar-refractivity contribution in [1.29, 1.82) is 0 Å². The topological polar surface area (TPSA) is 63.3 Å². The number of hydrogen-bond acceptors (Lipinski definition) is 2. The van der Waals surface area contributed by atoms with Gasteiger partial charge in [0.25, 0.3) is 0 Å². The van der Waals surface area contributed by atoms with E-state index in [2.05, 4.69) is 0 Å². The first-order chi connectivity index (χ1) is 5.10. The third-order valence-electron chi connectivity index (χ3n) is 2.26. The van der Waals surface area contributed by atoms with Gasteiger partial charge in [0.15, 0.2) is 0 Å². The maximum Gasteiger partial charge on any atom is 0.310 e. The van der Waals surface area contributed by atoms with Crippen LogP contribution in [0, 0.1) is 10.8 Å². The zero-order chi connectivity index (χ0) is 10.2. The lowest BCUT2D eigenvalue weighted by atomic mass is 9.71. The molecule has 0 unspecified atom stereocenters. The normalized spacial score (nSPS) is 14.6. The Kier molecular flexibility index (Phi) is 5.02. The Hall–Kier alpha value is -0.280. The maximum absolute atomic E-state index is 10.8. The smallest absolute Gasteiger partial charge is 0.310 e. The van der Waals surface area contributed by atoms with Crippen LogP contribution in [-0.4, -0.2) is 17.1 Å². The molecular weight excluding hydrogens is 190 g/mol. The van der Waals surface area contributed by atoms with E-state index < -0.39 is 11.4 Å². The standard InChI is InChI=1S/C9H19NO2.ClH/c1-8(2,3)6(10)9(4,5)7(11)12;/h6H,10H2,1-5H3,(H,11,12);1H/t6-;/m0./s1. The molecule has 0 saturated heterocycles. The average Bonchev–Trinajstić information content (AvgIpc) is 1.83. The summed E-state index contributed by atoms with van der Waals surface area (Å²) in [7, 11) is 0. The predicted molar refractivity (Wildman–Crippen MR) is 56.1 cm³/mol. The fourth-order valence-corrected chi connectivity index (χ4v) is 1.22. The van der Waals surface area contributed by atoms with Crippen molar-refractivity contribution in [2.75, 3.05) is 0 Å². The van der Waals surface area contributed by atoms with E-state index in [0.29, 0.717) is 0 Å². The number of carbonyl (C=O) groups is 1. The first-order valence-electron chi connectivity index (χ1n) is 4.09. The first-order valence-corrected chi connectivity index (χ1v) is 4.09. The van der Waals surface area contributed by atoms with Crippen LogP contribution in [0.1, 0.15) is 34.6 Å². The molecule has 0 rings (SSSR count). The summed E-state index contributed by atoms with van der Waals surface area (Å²) in [5.74, 6) is -0.843. The summed E-state index contributed by atoms with van der Waals surface area (Å²) in [5, 5.41) is 8.90. The third-order valence-corrected chi connectivity index (χ3v) is 2.26. The molecule has 0 heterocycles. The number of carboxylic acids is 1. The maximum atomic E-state index is 10.8. The fourth-order valence-electron chi connectivity index (χ4n) is 1.22. The minimum atomic E-state index is -0.863. The van der Waals surface area contributed by atoms with Gasteiger partial charge in [-0.05, 0) is 19.3 Å². The van der Waals surface area contributed by atoms with E-state index in [1.54, 1.807) is 13.8 Å². The lowest BCUT2D eigenvalue weighted by molar-refractivity contribution is -0.149. The number of nitrogens with two attached hydrogens (primary N) is 1. The van der Waals surface area contributed by atoms with Crippen LogP contribution >= 0.6 is 12.4 Å². The van der Waals surface area contributed by atoms with Crippen molar-refractivity contribution in [3.63, 3.8) is 0 Å². The largest absolute Gasteiger partial charge is 0.481 e. The second kappa shape index (κ2) is 4.29. The van der Waals surface area contributed by atoms with Crippen LogP contribution in [0.5, 0.6) is 0 Å². The molecule has 0 aliphatic carbocycles. The van der Waals surface area contributed by atoms with Crippen LogP contribution in [0.25, 0.3) is 0 Å². The Labute approximate surface area is 86.1 Å². The van der Waals surface area contributed by atoms with Crippen molar-refractivity contribution in [2.24, 2.45) is 16.6 Å². The number of rotatable bonds is 2. The van der Waals surface area contributed by atoms with Crippen LogP contribution in [0.4, 0.5) is 0 Å². The SMILES string of the molecule is CC(C)(C)[C@H](N)C(C)(C)C(=O)O.Cl. The highest BCUT2D eigenvalue weighted by molar-refractivity contribution is 5.85. The van der Waals surface area contributed by atoms with Crippen molar-refractivity contribution in [3.05, 3.63) is 0 Å². The highest BCUT2D eigenvalue weighted by atomic mass is 35.5. The van der Waals surface area contributed by atoms with Gasteiger partial charge in [0.05, 0.1) is 5.41 Å². The molecule has 0 fully saturated rings. The molecule has 0 aliphatic rings. The lowest BCUT2D eigenvalue weighted by Gasteiger charge is -2.37. The zero-order valence-corrected chi connectivity index (χ0v) is 9.73. The summed E-state index contributed by atoms with van der Waals surface area (Å²) < 4.78 is 0. The van der Waals surface area contributed by atoms with Gasteiger partial charge in [-0.25, -0.2) is 0 Å². The molecule has 4 heteroatoms. The number of aliphatic carboxylic acids is 1. The van der Waals surface area contributed by atoms with Crippen molar-refractivity contribution >= 4 is 18.4 Å². The number of hydrogen-bond donors (Lipinski definition) is 2. The van der Waals surface area contributed by atoms with Gasteiger partial charge < -0.3 is 10.8 Å². The predicted octanol–water partition coefficient (Wildman–Crippen LogP) is 1.89. The van der Waals surface area contributed by atoms with Gasteiger partial charge in [-0.1, -0.05) is 20.8 Å². The Morgan fingerprint density at radius 1 is 1.23 bits per heavy atom. The minimum absolute atomic E-state index is 0. The van der Waals surface area contributed by atoms with E-state index in [1.807, 2.05) is 20.8 Å². The molecule has 3 nitrogen and oxygen atoms in total. The quantitative estimate of drug-likeness (QED) is 0.730. The highest BCUT2D eigenvalue weighted by Crippen LogP contribution is 2.31. The van der Waals surface area contributed by atoms with Crippen molar-refractivity contribution in [2.45, 2.75) is 40.7 Å². The van der Waals surface area contributed by atoms with Gasteiger partial charge >= 0.3 is 5.97 Å². The van der Waals surface area contributed by atoms with Gasteiger partial charge in [0.1, 0.15) is 0 Å². The summed E-state index contributed by atoms with van der Waals surface area (Å²) in [6.45, 7) is 9.16. The number of halogens is 1. The Morgan fingerprint density at radius 3 is 1.62 bits per heavy atom. The molecule has 0 saturated carbocycles. The molecule has 0 aromatic carbocycles. The first kappa shape index (κ1) is 15.2. The van der Waals surface area contributed by atoms with Crippen molar-refractivity contribution in [3.8, 4) is 0 Å². The van der Waals surface area contributed by atoms with Crippen LogP contribution in [-0.2, 0) is 4.79 Å². The Balaban J connectivity index is 0. The Morgan fingerprint density at radius 2 is 1.54 bits per heavy atom. The summed E-state index contributed by atoms with van der Waals surface area (Å²) in [4.78, 5) is 10.8. The van der Waals surface area contributed by atoms with E-state index in [1.165, 1.54) is 0 Å². The van der Waals surface area contributed by atoms with Crippen LogP contribution < -0.4 is 5.73 Å². The van der Waals surface area contributed by atoms with Crippen molar-refractivity contribution < 1.29 is 9.90 Å². The number of carboxylic acid groups (broad SMARTS) is 1. The van der Waals surface area contributed by atoms with Gasteiger partial charge in [0, 0.05) is 6.04 Å². The van der Waals surface area contributed by atoms with Crippen LogP contribution in [0.3, 0.4) is 0 Å². The molecule has 3 N–H and O–H groups in total. The fraction of sp³-hybridized carbons (Fsp3) is 0.889. The zero-order valence-electron chi connectivity index (χ0n) is 8.92. The second-order valence-electron chi connectivity index (χ2n) is 4.87. The van der Waals surface area contributed by atoms with Gasteiger partial charge in [0.2, 0.25) is 0 Å². The van der Waals surface area contributed by atoms with Crippen molar-refractivity contribution in [1.82, 2.24) is 0 Å². The Bertz CT molecular complexity index is 185. The summed E-state index contributed by atoms with van der Waals surface area (Å²) in [6.07, 6.45) is 0. The summed E-state index contributed by atoms with van der Waals surface area (Å²) in [5.41, 5.74) is 4.81. The molecule has 80 valence electrons. The lowest BCUT2D eigenvalue weighted by Crippen LogP contribution is -2.50. The van der Waals surface area contributed by atoms with Gasteiger partial charge in [-0.2, -0.15) is 0 Å². The molecule has 0 amide bonds. The monoisotopic (exact) mass is 209 g/mol.